The molecule has 0 aliphatic carbocycles. The van der Waals surface area contributed by atoms with Crippen LogP contribution in [0.5, 0.6) is 17.2 Å². The maximum atomic E-state index is 13.2. The molecule has 1 aliphatic heterocycles. The predicted octanol–water partition coefficient (Wildman–Crippen LogP) is 3.58. The molecule has 0 radical (unpaired) electrons. The first-order valence-corrected chi connectivity index (χ1v) is 6.93. The molecule has 0 aromatic heterocycles. The van der Waals surface area contributed by atoms with E-state index in [-0.39, 0.29) is 24.9 Å². The molecule has 0 N–H and O–H groups in total. The maximum Gasteiger partial charge on any atom is 0.231 e. The molecule has 2 aromatic carbocycles. The fourth-order valence-electron chi connectivity index (χ4n) is 1.91. The van der Waals surface area contributed by atoms with E-state index in [0.717, 1.165) is 0 Å². The quantitative estimate of drug-likeness (QED) is 0.789. The third-order valence-electron chi connectivity index (χ3n) is 2.90. The molecular weight excluding hydrogens is 343 g/mol. The van der Waals surface area contributed by atoms with Crippen molar-refractivity contribution < 1.29 is 23.4 Å². The largest absolute Gasteiger partial charge is 0.485 e. The molecule has 1 aliphatic rings. The minimum absolute atomic E-state index is 0.154. The van der Waals surface area contributed by atoms with Crippen LogP contribution in [0.15, 0.2) is 40.9 Å². The van der Waals surface area contributed by atoms with Crippen LogP contribution in [0.4, 0.5) is 4.39 Å². The Labute approximate surface area is 128 Å². The molecule has 2 aromatic rings. The van der Waals surface area contributed by atoms with Crippen molar-refractivity contribution in [3.8, 4) is 17.2 Å². The number of hydrogen-bond donors (Lipinski definition) is 0. The van der Waals surface area contributed by atoms with E-state index < -0.39 is 5.82 Å². The van der Waals surface area contributed by atoms with Gasteiger partial charge in [-0.05, 0) is 30.3 Å². The summed E-state index contributed by atoms with van der Waals surface area (Å²) in [5, 5.41) is 0. The average molecular weight is 353 g/mol. The molecule has 0 amide bonds. The minimum atomic E-state index is -0.435. The van der Waals surface area contributed by atoms with Crippen molar-refractivity contribution in [1.29, 1.82) is 0 Å². The zero-order valence-electron chi connectivity index (χ0n) is 10.8. The van der Waals surface area contributed by atoms with Crippen molar-refractivity contribution in [3.05, 3.63) is 52.3 Å². The molecule has 0 saturated heterocycles. The van der Waals surface area contributed by atoms with Crippen LogP contribution in [-0.4, -0.2) is 19.2 Å². The van der Waals surface area contributed by atoms with Crippen molar-refractivity contribution in [2.45, 2.75) is 0 Å². The molecule has 0 bridgehead atoms. The van der Waals surface area contributed by atoms with Gasteiger partial charge in [0.2, 0.25) is 6.79 Å². The van der Waals surface area contributed by atoms with Gasteiger partial charge in [0, 0.05) is 16.1 Å². The van der Waals surface area contributed by atoms with Gasteiger partial charge < -0.3 is 14.2 Å². The Balaban J connectivity index is 1.69. The number of Topliss-reactive ketones (excluding diaryl/α,β-unsaturated/α-hetero) is 1. The molecule has 6 heteroatoms. The second-order valence-electron chi connectivity index (χ2n) is 4.39. The van der Waals surface area contributed by atoms with Crippen LogP contribution in [0.3, 0.4) is 0 Å². The first-order valence-electron chi connectivity index (χ1n) is 6.13. The number of carbonyl (C=O) groups is 1. The van der Waals surface area contributed by atoms with Crippen LogP contribution in [0.2, 0.25) is 0 Å². The summed E-state index contributed by atoms with van der Waals surface area (Å²) in [5.41, 5.74) is 0.453. The number of hydrogen-bond acceptors (Lipinski definition) is 4. The van der Waals surface area contributed by atoms with Gasteiger partial charge in [-0.15, -0.1) is 0 Å². The van der Waals surface area contributed by atoms with Crippen LogP contribution in [-0.2, 0) is 0 Å². The molecule has 1 heterocycles. The topological polar surface area (TPSA) is 44.8 Å². The SMILES string of the molecule is O=C(COc1cc(F)cc(Br)c1)c1ccc2c(c1)OCO2. The fraction of sp³-hybridized carbons (Fsp3) is 0.133. The van der Waals surface area contributed by atoms with Gasteiger partial charge in [-0.1, -0.05) is 15.9 Å². The van der Waals surface area contributed by atoms with Crippen LogP contribution in [0.1, 0.15) is 10.4 Å². The van der Waals surface area contributed by atoms with Crippen LogP contribution in [0, 0.1) is 5.82 Å². The minimum Gasteiger partial charge on any atom is -0.485 e. The third-order valence-corrected chi connectivity index (χ3v) is 3.36. The fourth-order valence-corrected chi connectivity index (χ4v) is 2.36. The van der Waals surface area contributed by atoms with E-state index in [4.69, 9.17) is 14.2 Å². The molecule has 21 heavy (non-hydrogen) atoms. The normalized spacial score (nSPS) is 12.3. The molecule has 0 spiro atoms. The zero-order chi connectivity index (χ0) is 14.8. The van der Waals surface area contributed by atoms with Gasteiger partial charge in [-0.2, -0.15) is 0 Å². The Bertz CT molecular complexity index is 682. The monoisotopic (exact) mass is 352 g/mol. The maximum absolute atomic E-state index is 13.2. The van der Waals surface area contributed by atoms with Crippen LogP contribution >= 0.6 is 15.9 Å². The second-order valence-corrected chi connectivity index (χ2v) is 5.30. The van der Waals surface area contributed by atoms with Gasteiger partial charge in [0.05, 0.1) is 0 Å². The highest BCUT2D eigenvalue weighted by atomic mass is 79.9. The molecule has 4 nitrogen and oxygen atoms in total. The summed E-state index contributed by atoms with van der Waals surface area (Å²) in [6, 6.07) is 9.05. The van der Waals surface area contributed by atoms with Crippen molar-refractivity contribution in [3.63, 3.8) is 0 Å². The van der Waals surface area contributed by atoms with Crippen LogP contribution in [0.25, 0.3) is 0 Å². The van der Waals surface area contributed by atoms with Crippen molar-refractivity contribution in [2.75, 3.05) is 13.4 Å². The Kier molecular flexibility index (Phi) is 3.79. The number of rotatable bonds is 4. The third kappa shape index (κ3) is 3.16. The van der Waals surface area contributed by atoms with E-state index in [1.54, 1.807) is 24.3 Å². The first kappa shape index (κ1) is 13.9. The number of halogens is 2. The summed E-state index contributed by atoms with van der Waals surface area (Å²) < 4.78 is 29.5. The van der Waals surface area contributed by atoms with Crippen LogP contribution < -0.4 is 14.2 Å². The lowest BCUT2D eigenvalue weighted by Gasteiger charge is -2.07. The summed E-state index contributed by atoms with van der Waals surface area (Å²) in [6.45, 7) is -0.0314. The molecule has 108 valence electrons. The highest BCUT2D eigenvalue weighted by Crippen LogP contribution is 2.32. The molecule has 0 atom stereocenters. The standard InChI is InChI=1S/C15H10BrFO4/c16-10-4-11(17)6-12(5-10)19-7-13(18)9-1-2-14-15(3-9)21-8-20-14/h1-6H,7-8H2. The van der Waals surface area contributed by atoms with E-state index >= 15 is 0 Å². The predicted molar refractivity (Wildman–Crippen MR) is 76.5 cm³/mol. The number of ether oxygens (including phenoxy) is 3. The van der Waals surface area contributed by atoms with Gasteiger partial charge in [-0.25, -0.2) is 4.39 Å². The highest BCUT2D eigenvalue weighted by molar-refractivity contribution is 9.10. The second kappa shape index (κ2) is 5.73. The van der Waals surface area contributed by atoms with Crippen molar-refractivity contribution in [2.24, 2.45) is 0 Å². The lowest BCUT2D eigenvalue weighted by atomic mass is 10.1. The summed E-state index contributed by atoms with van der Waals surface area (Å²) >= 11 is 3.16. The number of carbonyl (C=O) groups excluding carboxylic acids is 1. The first-order chi connectivity index (χ1) is 10.1. The molecule has 0 saturated carbocycles. The smallest absolute Gasteiger partial charge is 0.231 e. The molecule has 3 rings (SSSR count). The Morgan fingerprint density at radius 1 is 1.19 bits per heavy atom. The zero-order valence-corrected chi connectivity index (χ0v) is 12.4. The number of ketones is 1. The lowest BCUT2D eigenvalue weighted by Crippen LogP contribution is -2.11. The molecular formula is C15H10BrFO4. The molecule has 0 fully saturated rings. The van der Waals surface area contributed by atoms with Gasteiger partial charge >= 0.3 is 0 Å². The van der Waals surface area contributed by atoms with E-state index in [2.05, 4.69) is 15.9 Å². The highest BCUT2D eigenvalue weighted by Gasteiger charge is 2.16. The van der Waals surface area contributed by atoms with E-state index in [9.17, 15) is 9.18 Å². The van der Waals surface area contributed by atoms with Crippen molar-refractivity contribution in [1.82, 2.24) is 0 Å². The Morgan fingerprint density at radius 3 is 2.81 bits per heavy atom. The Hall–Kier alpha value is -2.08. The molecule has 0 unspecified atom stereocenters. The summed E-state index contributed by atoms with van der Waals surface area (Å²) in [6.07, 6.45) is 0. The summed E-state index contributed by atoms with van der Waals surface area (Å²) in [4.78, 5) is 12.1. The van der Waals surface area contributed by atoms with E-state index in [1.165, 1.54) is 12.1 Å². The van der Waals surface area contributed by atoms with Crippen molar-refractivity contribution >= 4 is 21.7 Å². The summed E-state index contributed by atoms with van der Waals surface area (Å²) in [7, 11) is 0. The lowest BCUT2D eigenvalue weighted by molar-refractivity contribution is 0.0920. The van der Waals surface area contributed by atoms with Gasteiger partial charge in [0.1, 0.15) is 11.6 Å². The van der Waals surface area contributed by atoms with E-state index in [0.29, 0.717) is 21.5 Å². The van der Waals surface area contributed by atoms with E-state index in [1.807, 2.05) is 0 Å². The van der Waals surface area contributed by atoms with Gasteiger partial charge in [0.15, 0.2) is 23.9 Å². The van der Waals surface area contributed by atoms with Gasteiger partial charge in [-0.3, -0.25) is 4.79 Å². The average Bonchev–Trinajstić information content (AvgIpc) is 2.91. The summed E-state index contributed by atoms with van der Waals surface area (Å²) in [5.74, 6) is 0.774. The van der Waals surface area contributed by atoms with Gasteiger partial charge in [0.25, 0.3) is 0 Å². The Morgan fingerprint density at radius 2 is 2.00 bits per heavy atom. The number of fused-ring (bicyclic) bond motifs is 1. The number of benzene rings is 2.